The van der Waals surface area contributed by atoms with Crippen molar-refractivity contribution in [3.05, 3.63) is 51.0 Å². The molecule has 2 rings (SSSR count). The highest BCUT2D eigenvalue weighted by Gasteiger charge is 2.06. The molecule has 0 atom stereocenters. The van der Waals surface area contributed by atoms with Crippen LogP contribution in [0, 0.1) is 19.7 Å². The van der Waals surface area contributed by atoms with Crippen LogP contribution >= 0.6 is 23.6 Å². The summed E-state index contributed by atoms with van der Waals surface area (Å²) in [7, 11) is 0. The van der Waals surface area contributed by atoms with E-state index in [1.54, 1.807) is 23.5 Å². The molecule has 3 N–H and O–H groups in total. The number of anilines is 1. The van der Waals surface area contributed by atoms with E-state index in [0.717, 1.165) is 5.69 Å². The number of nitrogens with one attached hydrogen (secondary N) is 1. The largest absolute Gasteiger partial charge is 0.389 e. The second kappa shape index (κ2) is 5.67. The van der Waals surface area contributed by atoms with Gasteiger partial charge in [-0.25, -0.2) is 4.39 Å². The average Bonchev–Trinajstić information content (AvgIpc) is 2.66. The van der Waals surface area contributed by atoms with Gasteiger partial charge in [0, 0.05) is 27.5 Å². The third-order valence-electron chi connectivity index (χ3n) is 2.92. The maximum absolute atomic E-state index is 13.7. The minimum absolute atomic E-state index is 0.0774. The second-order valence-corrected chi connectivity index (χ2v) is 6.15. The zero-order valence-electron chi connectivity index (χ0n) is 10.8. The van der Waals surface area contributed by atoms with E-state index in [4.69, 9.17) is 18.0 Å². The lowest BCUT2D eigenvalue weighted by Gasteiger charge is -2.07. The van der Waals surface area contributed by atoms with E-state index in [1.165, 1.54) is 21.4 Å². The number of halogens is 1. The van der Waals surface area contributed by atoms with Crippen molar-refractivity contribution >= 4 is 34.2 Å². The van der Waals surface area contributed by atoms with Crippen LogP contribution in [0.25, 0.3) is 0 Å². The molecule has 0 spiro atoms. The average molecular weight is 294 g/mol. The number of hydrogen-bond acceptors (Lipinski definition) is 3. The Hall–Kier alpha value is -1.46. The zero-order valence-corrected chi connectivity index (χ0v) is 12.4. The predicted octanol–water partition coefficient (Wildman–Crippen LogP) is 3.75. The molecule has 1 heterocycles. The molecule has 0 saturated carbocycles. The van der Waals surface area contributed by atoms with Gasteiger partial charge in [0.15, 0.2) is 0 Å². The molecule has 0 unspecified atom stereocenters. The van der Waals surface area contributed by atoms with Gasteiger partial charge in [0.05, 0.1) is 0 Å². The molecule has 5 heteroatoms. The van der Waals surface area contributed by atoms with Gasteiger partial charge in [0.2, 0.25) is 0 Å². The van der Waals surface area contributed by atoms with Crippen molar-refractivity contribution in [1.82, 2.24) is 0 Å². The van der Waals surface area contributed by atoms with Gasteiger partial charge in [-0.3, -0.25) is 0 Å². The van der Waals surface area contributed by atoms with E-state index in [0.29, 0.717) is 6.54 Å². The van der Waals surface area contributed by atoms with Gasteiger partial charge < -0.3 is 11.1 Å². The molecule has 100 valence electrons. The summed E-state index contributed by atoms with van der Waals surface area (Å²) in [4.78, 5) is 2.62. The summed E-state index contributed by atoms with van der Waals surface area (Å²) in [6, 6.07) is 6.95. The zero-order chi connectivity index (χ0) is 14.0. The monoisotopic (exact) mass is 294 g/mol. The molecule has 1 aromatic carbocycles. The number of thiophene rings is 1. The van der Waals surface area contributed by atoms with Gasteiger partial charge in [0.1, 0.15) is 10.8 Å². The lowest BCUT2D eigenvalue weighted by molar-refractivity contribution is 0.626. The summed E-state index contributed by atoms with van der Waals surface area (Å²) in [5.74, 6) is -0.393. The van der Waals surface area contributed by atoms with Gasteiger partial charge in [-0.05, 0) is 43.7 Å². The van der Waals surface area contributed by atoms with Gasteiger partial charge in [-0.1, -0.05) is 12.2 Å². The van der Waals surface area contributed by atoms with Gasteiger partial charge in [-0.15, -0.1) is 11.3 Å². The SMILES string of the molecule is Cc1cc(CNc2ccc(C(N)=S)c(F)c2)sc1C. The highest BCUT2D eigenvalue weighted by Crippen LogP contribution is 2.22. The first-order chi connectivity index (χ1) is 8.97. The first-order valence-corrected chi connectivity index (χ1v) is 7.09. The Kier molecular flexibility index (Phi) is 4.17. The second-order valence-electron chi connectivity index (χ2n) is 4.36. The Balaban J connectivity index is 2.08. The summed E-state index contributed by atoms with van der Waals surface area (Å²) in [6.07, 6.45) is 0. The van der Waals surface area contributed by atoms with Crippen LogP contribution in [-0.2, 0) is 6.54 Å². The number of rotatable bonds is 4. The molecule has 0 amide bonds. The third kappa shape index (κ3) is 3.30. The van der Waals surface area contributed by atoms with Crippen LogP contribution in [0.5, 0.6) is 0 Å². The van der Waals surface area contributed by atoms with E-state index >= 15 is 0 Å². The highest BCUT2D eigenvalue weighted by molar-refractivity contribution is 7.80. The number of nitrogens with two attached hydrogens (primary N) is 1. The van der Waals surface area contributed by atoms with Crippen molar-refractivity contribution in [2.45, 2.75) is 20.4 Å². The lowest BCUT2D eigenvalue weighted by atomic mass is 10.2. The summed E-state index contributed by atoms with van der Waals surface area (Å²) >= 11 is 6.52. The maximum Gasteiger partial charge on any atom is 0.135 e. The molecule has 0 aliphatic heterocycles. The smallest absolute Gasteiger partial charge is 0.135 e. The quantitative estimate of drug-likeness (QED) is 0.843. The minimum Gasteiger partial charge on any atom is -0.389 e. The molecular formula is C14H15FN2S2. The van der Waals surface area contributed by atoms with Crippen molar-refractivity contribution in [3.8, 4) is 0 Å². The van der Waals surface area contributed by atoms with E-state index in [1.807, 2.05) is 0 Å². The Morgan fingerprint density at radius 3 is 2.63 bits per heavy atom. The molecule has 0 fully saturated rings. The molecule has 2 aromatic rings. The van der Waals surface area contributed by atoms with Crippen LogP contribution < -0.4 is 11.1 Å². The van der Waals surface area contributed by atoms with Crippen LogP contribution in [0.1, 0.15) is 20.9 Å². The Bertz CT molecular complexity index is 600. The molecule has 0 aliphatic carbocycles. The highest BCUT2D eigenvalue weighted by atomic mass is 32.1. The fraction of sp³-hybridized carbons (Fsp3) is 0.214. The Morgan fingerprint density at radius 2 is 2.11 bits per heavy atom. The first kappa shape index (κ1) is 14.0. The van der Waals surface area contributed by atoms with Crippen molar-refractivity contribution < 1.29 is 4.39 Å². The molecule has 19 heavy (non-hydrogen) atoms. The fourth-order valence-corrected chi connectivity index (χ4v) is 2.91. The van der Waals surface area contributed by atoms with Gasteiger partial charge in [0.25, 0.3) is 0 Å². The van der Waals surface area contributed by atoms with E-state index < -0.39 is 5.82 Å². The minimum atomic E-state index is -0.393. The maximum atomic E-state index is 13.7. The fourth-order valence-electron chi connectivity index (χ4n) is 1.75. The summed E-state index contributed by atoms with van der Waals surface area (Å²) in [5, 5.41) is 3.19. The van der Waals surface area contributed by atoms with Crippen LogP contribution in [0.2, 0.25) is 0 Å². The van der Waals surface area contributed by atoms with Crippen molar-refractivity contribution in [2.24, 2.45) is 5.73 Å². The molecule has 0 bridgehead atoms. The van der Waals surface area contributed by atoms with Crippen molar-refractivity contribution in [1.29, 1.82) is 0 Å². The molecule has 2 nitrogen and oxygen atoms in total. The molecule has 0 radical (unpaired) electrons. The normalized spacial score (nSPS) is 10.5. The summed E-state index contributed by atoms with van der Waals surface area (Å²) < 4.78 is 13.7. The lowest BCUT2D eigenvalue weighted by Crippen LogP contribution is -2.11. The summed E-state index contributed by atoms with van der Waals surface area (Å²) in [5.41, 5.74) is 7.71. The first-order valence-electron chi connectivity index (χ1n) is 5.86. The topological polar surface area (TPSA) is 38.0 Å². The van der Waals surface area contributed by atoms with E-state index in [-0.39, 0.29) is 10.6 Å². The van der Waals surface area contributed by atoms with Crippen molar-refractivity contribution in [3.63, 3.8) is 0 Å². The number of benzene rings is 1. The molecule has 0 saturated heterocycles. The van der Waals surface area contributed by atoms with Gasteiger partial charge in [-0.2, -0.15) is 0 Å². The van der Waals surface area contributed by atoms with Crippen LogP contribution in [0.15, 0.2) is 24.3 Å². The van der Waals surface area contributed by atoms with Crippen molar-refractivity contribution in [2.75, 3.05) is 5.32 Å². The summed E-state index contributed by atoms with van der Waals surface area (Å²) in [6.45, 7) is 4.87. The molecular weight excluding hydrogens is 279 g/mol. The predicted molar refractivity (Wildman–Crippen MR) is 83.4 cm³/mol. The molecule has 1 aromatic heterocycles. The van der Waals surface area contributed by atoms with Crippen LogP contribution in [-0.4, -0.2) is 4.99 Å². The van der Waals surface area contributed by atoms with Crippen LogP contribution in [0.4, 0.5) is 10.1 Å². The standard InChI is InChI=1S/C14H15FN2S2/c1-8-5-11(19-9(8)2)7-17-10-3-4-12(14(16)18)13(15)6-10/h3-6,17H,7H2,1-2H3,(H2,16,18). The number of thiocarbonyl (C=S) groups is 1. The number of aryl methyl sites for hydroxylation is 2. The third-order valence-corrected chi connectivity index (χ3v) is 4.29. The Morgan fingerprint density at radius 1 is 1.37 bits per heavy atom. The Labute approximate surface area is 121 Å². The molecule has 0 aliphatic rings. The number of hydrogen-bond donors (Lipinski definition) is 2. The van der Waals surface area contributed by atoms with Crippen LogP contribution in [0.3, 0.4) is 0 Å². The van der Waals surface area contributed by atoms with Gasteiger partial charge >= 0.3 is 0 Å². The van der Waals surface area contributed by atoms with E-state index in [2.05, 4.69) is 25.2 Å². The van der Waals surface area contributed by atoms with E-state index in [9.17, 15) is 4.39 Å².